The van der Waals surface area contributed by atoms with Crippen LogP contribution in [-0.2, 0) is 4.79 Å². The van der Waals surface area contributed by atoms with Crippen LogP contribution in [0.2, 0.25) is 0 Å². The number of nitrogens with zero attached hydrogens (tertiary/aromatic N) is 2. The molecule has 4 rings (SSSR count). The zero-order valence-electron chi connectivity index (χ0n) is 14.6. The predicted molar refractivity (Wildman–Crippen MR) is 103 cm³/mol. The van der Waals surface area contributed by atoms with Crippen LogP contribution < -0.4 is 15.5 Å². The maximum atomic E-state index is 13.3. The minimum absolute atomic E-state index is 0.229. The number of halogens is 1. The topological polar surface area (TPSA) is 47.6 Å². The minimum atomic E-state index is -0.363. The van der Waals surface area contributed by atoms with E-state index in [0.29, 0.717) is 16.8 Å². The molecule has 26 heavy (non-hydrogen) atoms. The van der Waals surface area contributed by atoms with Gasteiger partial charge in [0.15, 0.2) is 0 Å². The quantitative estimate of drug-likeness (QED) is 0.834. The molecular formula is C20H21FN4O. The van der Waals surface area contributed by atoms with E-state index in [9.17, 15) is 9.18 Å². The van der Waals surface area contributed by atoms with E-state index in [1.54, 1.807) is 12.3 Å². The Hall–Kier alpha value is -2.86. The number of amides is 1. The summed E-state index contributed by atoms with van der Waals surface area (Å²) in [6.45, 7) is 4.20. The van der Waals surface area contributed by atoms with Crippen molar-refractivity contribution in [2.24, 2.45) is 0 Å². The summed E-state index contributed by atoms with van der Waals surface area (Å²) in [6, 6.07) is 12.5. The second-order valence-corrected chi connectivity index (χ2v) is 6.68. The lowest BCUT2D eigenvalue weighted by atomic mass is 10.1. The molecule has 5 nitrogen and oxygen atoms in total. The zero-order valence-corrected chi connectivity index (χ0v) is 14.6. The number of piperazine rings is 1. The van der Waals surface area contributed by atoms with Crippen molar-refractivity contribution in [2.75, 3.05) is 48.8 Å². The van der Waals surface area contributed by atoms with E-state index in [4.69, 9.17) is 0 Å². The van der Waals surface area contributed by atoms with E-state index in [1.807, 2.05) is 12.1 Å². The van der Waals surface area contributed by atoms with Crippen molar-refractivity contribution >= 4 is 28.5 Å². The number of carbonyl (C=O) groups is 1. The Bertz CT molecular complexity index is 855. The van der Waals surface area contributed by atoms with E-state index in [0.717, 1.165) is 31.9 Å². The predicted octanol–water partition coefficient (Wildman–Crippen LogP) is 2.98. The van der Waals surface area contributed by atoms with Crippen LogP contribution in [-0.4, -0.2) is 44.0 Å². The van der Waals surface area contributed by atoms with Crippen molar-refractivity contribution in [1.29, 1.82) is 0 Å². The number of anilines is 3. The Morgan fingerprint density at radius 1 is 1.08 bits per heavy atom. The molecule has 2 N–H and O–H groups in total. The van der Waals surface area contributed by atoms with Crippen LogP contribution in [0.25, 0.3) is 5.57 Å². The average Bonchev–Trinajstić information content (AvgIpc) is 2.95. The number of likely N-dealkylation sites (N-methyl/N-ethyl adjacent to an activating group) is 1. The first-order valence-corrected chi connectivity index (χ1v) is 8.72. The third-order valence-electron chi connectivity index (χ3n) is 4.88. The van der Waals surface area contributed by atoms with Gasteiger partial charge >= 0.3 is 0 Å². The summed E-state index contributed by atoms with van der Waals surface area (Å²) >= 11 is 0. The lowest BCUT2D eigenvalue weighted by molar-refractivity contribution is -0.110. The molecule has 2 aromatic carbocycles. The highest BCUT2D eigenvalue weighted by Crippen LogP contribution is 2.32. The lowest BCUT2D eigenvalue weighted by Gasteiger charge is -2.34. The molecule has 0 spiro atoms. The van der Waals surface area contributed by atoms with Crippen LogP contribution >= 0.6 is 0 Å². The van der Waals surface area contributed by atoms with Crippen LogP contribution in [0.1, 0.15) is 5.56 Å². The van der Waals surface area contributed by atoms with Crippen molar-refractivity contribution in [2.45, 2.75) is 0 Å². The molecule has 1 fully saturated rings. The summed E-state index contributed by atoms with van der Waals surface area (Å²) in [5, 5.41) is 5.85. The molecule has 1 saturated heterocycles. The number of benzene rings is 2. The normalized spacial score (nSPS) is 18.8. The Morgan fingerprint density at radius 2 is 1.81 bits per heavy atom. The van der Waals surface area contributed by atoms with Gasteiger partial charge in [0, 0.05) is 49.3 Å². The second kappa shape index (κ2) is 6.80. The molecule has 0 aliphatic carbocycles. The molecule has 0 saturated carbocycles. The average molecular weight is 352 g/mol. The molecule has 6 heteroatoms. The number of nitrogens with one attached hydrogen (secondary N) is 2. The molecule has 2 aliphatic rings. The van der Waals surface area contributed by atoms with Gasteiger partial charge in [-0.15, -0.1) is 0 Å². The van der Waals surface area contributed by atoms with Gasteiger partial charge in [0.2, 0.25) is 0 Å². The fourth-order valence-electron chi connectivity index (χ4n) is 3.30. The maximum Gasteiger partial charge on any atom is 0.257 e. The molecule has 0 aromatic heterocycles. The third-order valence-corrected chi connectivity index (χ3v) is 4.88. The molecule has 0 atom stereocenters. The van der Waals surface area contributed by atoms with Gasteiger partial charge in [-0.3, -0.25) is 4.79 Å². The van der Waals surface area contributed by atoms with Gasteiger partial charge in [-0.05, 0) is 49.5 Å². The van der Waals surface area contributed by atoms with Crippen molar-refractivity contribution in [3.05, 3.63) is 60.0 Å². The molecule has 2 aromatic rings. The summed E-state index contributed by atoms with van der Waals surface area (Å²) in [5.41, 5.74) is 3.82. The van der Waals surface area contributed by atoms with Crippen molar-refractivity contribution in [1.82, 2.24) is 4.90 Å². The number of hydrogen-bond donors (Lipinski definition) is 2. The second-order valence-electron chi connectivity index (χ2n) is 6.68. The molecule has 1 amide bonds. The Balaban J connectivity index is 1.47. The van der Waals surface area contributed by atoms with Gasteiger partial charge in [0.1, 0.15) is 5.82 Å². The Labute approximate surface area is 152 Å². The molecule has 0 unspecified atom stereocenters. The number of hydrogen-bond acceptors (Lipinski definition) is 4. The van der Waals surface area contributed by atoms with Gasteiger partial charge in [-0.25, -0.2) is 4.39 Å². The summed E-state index contributed by atoms with van der Waals surface area (Å²) in [5.74, 6) is -0.593. The fraction of sp³-hybridized carbons (Fsp3) is 0.250. The lowest BCUT2D eigenvalue weighted by Crippen LogP contribution is -2.44. The highest BCUT2D eigenvalue weighted by molar-refractivity contribution is 6.31. The Morgan fingerprint density at radius 3 is 2.54 bits per heavy atom. The minimum Gasteiger partial charge on any atom is -0.369 e. The molecular weight excluding hydrogens is 331 g/mol. The molecule has 0 bridgehead atoms. The van der Waals surface area contributed by atoms with E-state index in [1.165, 1.54) is 17.8 Å². The van der Waals surface area contributed by atoms with Crippen molar-refractivity contribution < 1.29 is 9.18 Å². The first-order chi connectivity index (χ1) is 12.6. The largest absolute Gasteiger partial charge is 0.369 e. The summed E-state index contributed by atoms with van der Waals surface area (Å²) in [4.78, 5) is 16.8. The summed E-state index contributed by atoms with van der Waals surface area (Å²) in [6.07, 6.45) is 1.67. The summed E-state index contributed by atoms with van der Waals surface area (Å²) in [7, 11) is 2.14. The molecule has 2 aliphatic heterocycles. The van der Waals surface area contributed by atoms with Gasteiger partial charge in [0.25, 0.3) is 5.91 Å². The maximum absolute atomic E-state index is 13.3. The first-order valence-electron chi connectivity index (χ1n) is 8.72. The van der Waals surface area contributed by atoms with E-state index < -0.39 is 0 Å². The molecule has 2 heterocycles. The number of rotatable bonds is 3. The molecule has 134 valence electrons. The van der Waals surface area contributed by atoms with Crippen LogP contribution in [0.5, 0.6) is 0 Å². The van der Waals surface area contributed by atoms with Gasteiger partial charge in [-0.2, -0.15) is 0 Å². The highest BCUT2D eigenvalue weighted by atomic mass is 19.1. The van der Waals surface area contributed by atoms with Crippen LogP contribution in [0.4, 0.5) is 21.5 Å². The van der Waals surface area contributed by atoms with Crippen molar-refractivity contribution in [3.63, 3.8) is 0 Å². The fourth-order valence-corrected chi connectivity index (χ4v) is 3.30. The van der Waals surface area contributed by atoms with Crippen molar-refractivity contribution in [3.8, 4) is 0 Å². The number of carbonyl (C=O) groups excluding carboxylic acids is 1. The highest BCUT2D eigenvalue weighted by Gasteiger charge is 2.24. The van der Waals surface area contributed by atoms with Gasteiger partial charge in [-0.1, -0.05) is 0 Å². The van der Waals surface area contributed by atoms with E-state index in [-0.39, 0.29) is 11.7 Å². The van der Waals surface area contributed by atoms with Gasteiger partial charge in [0.05, 0.1) is 11.3 Å². The first kappa shape index (κ1) is 16.6. The van der Waals surface area contributed by atoms with Gasteiger partial charge < -0.3 is 20.4 Å². The van der Waals surface area contributed by atoms with Crippen LogP contribution in [0.15, 0.2) is 48.7 Å². The zero-order chi connectivity index (χ0) is 18.1. The molecule has 0 radical (unpaired) electrons. The monoisotopic (exact) mass is 352 g/mol. The smallest absolute Gasteiger partial charge is 0.257 e. The summed E-state index contributed by atoms with van der Waals surface area (Å²) < 4.78 is 13.3. The Kier molecular flexibility index (Phi) is 4.34. The standard InChI is InChI=1S/C20H21FN4O/c1-24-8-10-25(11-9-24)16-5-3-15(4-6-16)22-13-18-17-7-2-14(21)12-19(17)23-20(18)26/h2-7,12-13,22H,8-11H2,1H3,(H,23,26). The van der Waals surface area contributed by atoms with Crippen LogP contribution in [0.3, 0.4) is 0 Å². The third kappa shape index (κ3) is 3.28. The number of fused-ring (bicyclic) bond motifs is 1. The van der Waals surface area contributed by atoms with Crippen LogP contribution in [0, 0.1) is 5.82 Å². The SMILES string of the molecule is CN1CCN(c2ccc(NC=C3C(=O)Nc4cc(F)ccc43)cc2)CC1. The van der Waals surface area contributed by atoms with E-state index >= 15 is 0 Å². The van der Waals surface area contributed by atoms with E-state index in [2.05, 4.69) is 39.6 Å².